The van der Waals surface area contributed by atoms with E-state index in [0.29, 0.717) is 12.4 Å². The third-order valence-electron chi connectivity index (χ3n) is 6.78. The fourth-order valence-corrected chi connectivity index (χ4v) is 4.79. The van der Waals surface area contributed by atoms with Gasteiger partial charge >= 0.3 is 0 Å². The Morgan fingerprint density at radius 1 is 0.971 bits per heavy atom. The third-order valence-corrected chi connectivity index (χ3v) is 6.78. The van der Waals surface area contributed by atoms with Crippen LogP contribution in [0.15, 0.2) is 89.3 Å². The third kappa shape index (κ3) is 5.75. The summed E-state index contributed by atoms with van der Waals surface area (Å²) in [7, 11) is 1.91. The number of carbonyl (C=O) groups is 1. The summed E-state index contributed by atoms with van der Waals surface area (Å²) in [5, 5.41) is 1.02. The molecule has 0 spiro atoms. The van der Waals surface area contributed by atoms with Gasteiger partial charge in [-0.15, -0.1) is 0 Å². The minimum absolute atomic E-state index is 0.0452. The Morgan fingerprint density at radius 3 is 2.54 bits per heavy atom. The first-order valence-corrected chi connectivity index (χ1v) is 12.4. The topological polar surface area (TPSA) is 45.9 Å². The number of nitrogens with zero attached hydrogens (tertiary/aromatic N) is 2. The molecule has 0 N–H and O–H groups in total. The first-order valence-electron chi connectivity index (χ1n) is 12.4. The number of rotatable bonds is 9. The average Bonchev–Trinajstić information content (AvgIpc) is 3.56. The molecule has 0 aliphatic carbocycles. The molecule has 2 heterocycles. The molecule has 5 rings (SSSR count). The van der Waals surface area contributed by atoms with Crippen molar-refractivity contribution >= 4 is 16.9 Å². The highest BCUT2D eigenvalue weighted by Gasteiger charge is 2.26. The fraction of sp³-hybridized carbons (Fsp3) is 0.300. The van der Waals surface area contributed by atoms with Crippen molar-refractivity contribution in [3.63, 3.8) is 0 Å². The predicted octanol–water partition coefficient (Wildman–Crippen LogP) is 5.85. The summed E-state index contributed by atoms with van der Waals surface area (Å²) in [4.78, 5) is 17.7. The van der Waals surface area contributed by atoms with Crippen LogP contribution in [0.1, 0.15) is 35.8 Å². The van der Waals surface area contributed by atoms with Crippen molar-refractivity contribution < 1.29 is 13.9 Å². The number of likely N-dealkylation sites (tertiary alicyclic amines) is 1. The van der Waals surface area contributed by atoms with E-state index < -0.39 is 0 Å². The lowest BCUT2D eigenvalue weighted by Crippen LogP contribution is -2.39. The van der Waals surface area contributed by atoms with Crippen molar-refractivity contribution in [2.75, 3.05) is 26.7 Å². The molecule has 180 valence electrons. The highest BCUT2D eigenvalue weighted by atomic mass is 16.5. The van der Waals surface area contributed by atoms with Gasteiger partial charge in [0.1, 0.15) is 23.7 Å². The first-order chi connectivity index (χ1) is 17.2. The van der Waals surface area contributed by atoms with Gasteiger partial charge in [0.05, 0.1) is 12.5 Å². The largest absolute Gasteiger partial charge is 0.489 e. The number of carbonyl (C=O) groups excluding carboxylic acids is 1. The Bertz CT molecular complexity index is 1230. The summed E-state index contributed by atoms with van der Waals surface area (Å²) in [5.74, 6) is 1.56. The quantitative estimate of drug-likeness (QED) is 0.309. The smallest absolute Gasteiger partial charge is 0.230 e. The van der Waals surface area contributed by atoms with Crippen LogP contribution in [0.4, 0.5) is 0 Å². The van der Waals surface area contributed by atoms with E-state index in [2.05, 4.69) is 29.2 Å². The van der Waals surface area contributed by atoms with Crippen LogP contribution >= 0.6 is 0 Å². The van der Waals surface area contributed by atoms with Gasteiger partial charge in [-0.2, -0.15) is 0 Å². The number of para-hydroxylation sites is 1. The summed E-state index contributed by atoms with van der Waals surface area (Å²) in [5.41, 5.74) is 3.03. The van der Waals surface area contributed by atoms with E-state index in [-0.39, 0.29) is 18.4 Å². The Balaban J connectivity index is 1.33. The molecule has 35 heavy (non-hydrogen) atoms. The molecule has 3 aromatic carbocycles. The van der Waals surface area contributed by atoms with Gasteiger partial charge in [-0.3, -0.25) is 4.79 Å². The zero-order chi connectivity index (χ0) is 24.0. The van der Waals surface area contributed by atoms with Gasteiger partial charge in [0.25, 0.3) is 0 Å². The maximum absolute atomic E-state index is 13.4. The fourth-order valence-electron chi connectivity index (χ4n) is 4.79. The van der Waals surface area contributed by atoms with Gasteiger partial charge in [0.2, 0.25) is 5.91 Å². The molecule has 1 aliphatic heterocycles. The standard InChI is InChI=1S/C30H32N2O3/c1-31(30(33)20-27-19-25-12-5-6-15-29(25)35-27)28(21-32-16-7-8-17-32)24-13-9-14-26(18-24)34-22-23-10-3-2-4-11-23/h2-6,9-15,18-19,28H,7-8,16-17,20-22H2,1H3. The molecule has 0 radical (unpaired) electrons. The van der Waals surface area contributed by atoms with E-state index >= 15 is 0 Å². The van der Waals surface area contributed by atoms with Crippen LogP contribution in [-0.4, -0.2) is 42.4 Å². The number of hydrogen-bond acceptors (Lipinski definition) is 4. The van der Waals surface area contributed by atoms with Crippen LogP contribution in [0.2, 0.25) is 0 Å². The highest BCUT2D eigenvalue weighted by Crippen LogP contribution is 2.28. The van der Waals surface area contributed by atoms with Crippen LogP contribution in [0.5, 0.6) is 5.75 Å². The maximum Gasteiger partial charge on any atom is 0.230 e. The van der Waals surface area contributed by atoms with Crippen molar-refractivity contribution in [2.45, 2.75) is 31.9 Å². The van der Waals surface area contributed by atoms with Gasteiger partial charge in [-0.05, 0) is 61.3 Å². The van der Waals surface area contributed by atoms with Crippen LogP contribution in [0, 0.1) is 0 Å². The van der Waals surface area contributed by atoms with Crippen LogP contribution in [0.25, 0.3) is 11.0 Å². The van der Waals surface area contributed by atoms with Crippen LogP contribution < -0.4 is 4.74 Å². The van der Waals surface area contributed by atoms with Gasteiger partial charge in [-0.25, -0.2) is 0 Å². The molecule has 1 amide bonds. The molecule has 1 saturated heterocycles. The van der Waals surface area contributed by atoms with E-state index in [1.807, 2.05) is 72.6 Å². The molecule has 4 aromatic rings. The van der Waals surface area contributed by atoms with Gasteiger partial charge in [-0.1, -0.05) is 60.7 Å². The van der Waals surface area contributed by atoms with E-state index in [0.717, 1.165) is 47.5 Å². The SMILES string of the molecule is CN(C(=O)Cc1cc2ccccc2o1)C(CN1CCCC1)c1cccc(OCc2ccccc2)c1. The summed E-state index contributed by atoms with van der Waals surface area (Å²) >= 11 is 0. The molecule has 5 heteroatoms. The van der Waals surface area contributed by atoms with Crippen molar-refractivity contribution in [2.24, 2.45) is 0 Å². The summed E-state index contributed by atoms with van der Waals surface area (Å²) in [6.07, 6.45) is 2.67. The molecule has 1 aliphatic rings. The normalized spacial score (nSPS) is 14.8. The molecule has 1 fully saturated rings. The van der Waals surface area contributed by atoms with Crippen molar-refractivity contribution in [1.29, 1.82) is 0 Å². The van der Waals surface area contributed by atoms with E-state index in [4.69, 9.17) is 9.15 Å². The van der Waals surface area contributed by atoms with Crippen LogP contribution in [-0.2, 0) is 17.8 Å². The summed E-state index contributed by atoms with van der Waals surface area (Å²) < 4.78 is 12.0. The Hall–Kier alpha value is -3.57. The van der Waals surface area contributed by atoms with Gasteiger partial charge in [0.15, 0.2) is 0 Å². The second kappa shape index (κ2) is 10.8. The number of hydrogen-bond donors (Lipinski definition) is 0. The van der Waals surface area contributed by atoms with Crippen LogP contribution in [0.3, 0.4) is 0 Å². The van der Waals surface area contributed by atoms with E-state index in [1.165, 1.54) is 12.8 Å². The van der Waals surface area contributed by atoms with E-state index in [9.17, 15) is 4.79 Å². The lowest BCUT2D eigenvalue weighted by Gasteiger charge is -2.32. The monoisotopic (exact) mass is 468 g/mol. The van der Waals surface area contributed by atoms with Gasteiger partial charge < -0.3 is 19.0 Å². The number of amides is 1. The molecule has 1 aromatic heterocycles. The zero-order valence-corrected chi connectivity index (χ0v) is 20.2. The Labute approximate surface area is 206 Å². The molecule has 1 atom stereocenters. The number of likely N-dealkylation sites (N-methyl/N-ethyl adjacent to an activating group) is 1. The molecule has 0 saturated carbocycles. The number of furan rings is 1. The molecule has 5 nitrogen and oxygen atoms in total. The highest BCUT2D eigenvalue weighted by molar-refractivity contribution is 5.82. The predicted molar refractivity (Wildman–Crippen MR) is 138 cm³/mol. The molecule has 1 unspecified atom stereocenters. The number of fused-ring (bicyclic) bond motifs is 1. The lowest BCUT2D eigenvalue weighted by molar-refractivity contribution is -0.132. The lowest BCUT2D eigenvalue weighted by atomic mass is 10.0. The van der Waals surface area contributed by atoms with Gasteiger partial charge in [0, 0.05) is 19.0 Å². The zero-order valence-electron chi connectivity index (χ0n) is 20.2. The van der Waals surface area contributed by atoms with E-state index in [1.54, 1.807) is 0 Å². The minimum atomic E-state index is -0.0646. The molecule has 0 bridgehead atoms. The average molecular weight is 469 g/mol. The minimum Gasteiger partial charge on any atom is -0.489 e. The second-order valence-electron chi connectivity index (χ2n) is 9.30. The summed E-state index contributed by atoms with van der Waals surface area (Å²) in [6.45, 7) is 3.48. The molecular weight excluding hydrogens is 436 g/mol. The number of benzene rings is 3. The summed E-state index contributed by atoms with van der Waals surface area (Å²) in [6, 6.07) is 28.1. The second-order valence-corrected chi connectivity index (χ2v) is 9.30. The van der Waals surface area contributed by atoms with Crippen molar-refractivity contribution in [3.8, 4) is 5.75 Å². The molecular formula is C30H32N2O3. The first kappa shape index (κ1) is 23.2. The number of ether oxygens (including phenoxy) is 1. The maximum atomic E-state index is 13.4. The Kier molecular flexibility index (Phi) is 7.15. The Morgan fingerprint density at radius 2 is 1.74 bits per heavy atom. The van der Waals surface area contributed by atoms with Crippen molar-refractivity contribution in [3.05, 3.63) is 102 Å². The van der Waals surface area contributed by atoms with Crippen molar-refractivity contribution in [1.82, 2.24) is 9.80 Å².